The van der Waals surface area contributed by atoms with Crippen molar-refractivity contribution in [2.75, 3.05) is 42.2 Å². The fourth-order valence-electron chi connectivity index (χ4n) is 3.16. The summed E-state index contributed by atoms with van der Waals surface area (Å²) in [5.74, 6) is 0.950. The molecule has 4 rings (SSSR count). The van der Waals surface area contributed by atoms with Crippen molar-refractivity contribution in [2.24, 2.45) is 0 Å². The number of hydrogen-bond acceptors (Lipinski definition) is 6. The van der Waals surface area contributed by atoms with Crippen LogP contribution >= 0.6 is 11.8 Å². The zero-order valence-electron chi connectivity index (χ0n) is 14.7. The van der Waals surface area contributed by atoms with Crippen molar-refractivity contribution in [3.63, 3.8) is 0 Å². The van der Waals surface area contributed by atoms with Crippen LogP contribution in [0.15, 0.2) is 66.1 Å². The summed E-state index contributed by atoms with van der Waals surface area (Å²) in [6.07, 6.45) is 9.48. The summed E-state index contributed by atoms with van der Waals surface area (Å²) >= 11 is 1.74. The number of benzene rings is 1. The molecular formula is C20H21N5S. The van der Waals surface area contributed by atoms with Gasteiger partial charge in [0.15, 0.2) is 0 Å². The topological polar surface area (TPSA) is 45.2 Å². The van der Waals surface area contributed by atoms with Crippen LogP contribution in [0.1, 0.15) is 0 Å². The van der Waals surface area contributed by atoms with Crippen LogP contribution in [0.4, 0.5) is 11.5 Å². The van der Waals surface area contributed by atoms with E-state index >= 15 is 0 Å². The van der Waals surface area contributed by atoms with Gasteiger partial charge in [0.25, 0.3) is 0 Å². The number of anilines is 2. The number of aromatic nitrogens is 3. The zero-order valence-corrected chi connectivity index (χ0v) is 15.6. The Bertz CT molecular complexity index is 846. The van der Waals surface area contributed by atoms with Crippen molar-refractivity contribution in [2.45, 2.75) is 4.90 Å². The van der Waals surface area contributed by atoms with Crippen LogP contribution in [0.5, 0.6) is 0 Å². The number of piperazine rings is 1. The molecule has 0 atom stereocenters. The summed E-state index contributed by atoms with van der Waals surface area (Å²) in [5, 5.41) is 0. The molecule has 5 nitrogen and oxygen atoms in total. The van der Waals surface area contributed by atoms with Gasteiger partial charge in [-0.3, -0.25) is 9.97 Å². The van der Waals surface area contributed by atoms with Crippen molar-refractivity contribution >= 4 is 23.3 Å². The fraction of sp³-hybridized carbons (Fsp3) is 0.250. The summed E-state index contributed by atoms with van der Waals surface area (Å²) in [7, 11) is 0. The minimum absolute atomic E-state index is 0.923. The predicted octanol–water partition coefficient (Wildman–Crippen LogP) is 3.59. The Balaban J connectivity index is 1.47. The minimum atomic E-state index is 0.923. The van der Waals surface area contributed by atoms with Crippen LogP contribution < -0.4 is 9.80 Å². The molecule has 1 saturated heterocycles. The molecule has 3 aromatic rings. The summed E-state index contributed by atoms with van der Waals surface area (Å²) < 4.78 is 0. The van der Waals surface area contributed by atoms with E-state index in [-0.39, 0.29) is 0 Å². The summed E-state index contributed by atoms with van der Waals surface area (Å²) in [6, 6.07) is 12.6. The van der Waals surface area contributed by atoms with E-state index in [9.17, 15) is 0 Å². The van der Waals surface area contributed by atoms with Crippen molar-refractivity contribution in [1.29, 1.82) is 0 Å². The van der Waals surface area contributed by atoms with Crippen LogP contribution in [0, 0.1) is 0 Å². The third-order valence-electron chi connectivity index (χ3n) is 4.64. The molecule has 0 saturated carbocycles. The lowest BCUT2D eigenvalue weighted by Gasteiger charge is -2.36. The Kier molecular flexibility index (Phi) is 5.02. The van der Waals surface area contributed by atoms with Gasteiger partial charge in [0.05, 0.1) is 18.1 Å². The van der Waals surface area contributed by atoms with Crippen molar-refractivity contribution in [3.05, 3.63) is 61.2 Å². The Morgan fingerprint density at radius 1 is 0.808 bits per heavy atom. The quantitative estimate of drug-likeness (QED) is 0.660. The van der Waals surface area contributed by atoms with Gasteiger partial charge >= 0.3 is 0 Å². The van der Waals surface area contributed by atoms with Crippen LogP contribution in [0.25, 0.3) is 11.3 Å². The first-order valence-electron chi connectivity index (χ1n) is 8.70. The van der Waals surface area contributed by atoms with Gasteiger partial charge in [0, 0.05) is 54.7 Å². The van der Waals surface area contributed by atoms with Crippen LogP contribution in [-0.2, 0) is 0 Å². The van der Waals surface area contributed by atoms with E-state index in [2.05, 4.69) is 62.4 Å². The molecule has 0 unspecified atom stereocenters. The first-order valence-corrected chi connectivity index (χ1v) is 9.92. The lowest BCUT2D eigenvalue weighted by molar-refractivity contribution is 0.646. The van der Waals surface area contributed by atoms with Crippen LogP contribution in [0.3, 0.4) is 0 Å². The Hall–Kier alpha value is -2.60. The molecule has 0 radical (unpaired) electrons. The molecule has 26 heavy (non-hydrogen) atoms. The second-order valence-corrected chi connectivity index (χ2v) is 7.05. The van der Waals surface area contributed by atoms with Gasteiger partial charge in [-0.1, -0.05) is 12.1 Å². The molecule has 2 aromatic heterocycles. The molecule has 132 valence electrons. The lowest BCUT2D eigenvalue weighted by atomic mass is 10.1. The summed E-state index contributed by atoms with van der Waals surface area (Å²) in [5.41, 5.74) is 3.26. The van der Waals surface area contributed by atoms with Gasteiger partial charge in [-0.25, -0.2) is 4.98 Å². The minimum Gasteiger partial charge on any atom is -0.368 e. The monoisotopic (exact) mass is 363 g/mol. The maximum Gasteiger partial charge on any atom is 0.147 e. The van der Waals surface area contributed by atoms with Gasteiger partial charge in [-0.05, 0) is 30.5 Å². The number of hydrogen-bond donors (Lipinski definition) is 0. The van der Waals surface area contributed by atoms with Gasteiger partial charge in [0.2, 0.25) is 0 Å². The summed E-state index contributed by atoms with van der Waals surface area (Å²) in [6.45, 7) is 3.81. The van der Waals surface area contributed by atoms with E-state index in [0.29, 0.717) is 0 Å². The van der Waals surface area contributed by atoms with Crippen molar-refractivity contribution in [1.82, 2.24) is 15.0 Å². The van der Waals surface area contributed by atoms with E-state index < -0.39 is 0 Å². The second kappa shape index (κ2) is 7.74. The lowest BCUT2D eigenvalue weighted by Crippen LogP contribution is -2.46. The van der Waals surface area contributed by atoms with Crippen LogP contribution in [0.2, 0.25) is 0 Å². The number of thioether (sulfide) groups is 1. The van der Waals surface area contributed by atoms with E-state index in [1.165, 1.54) is 10.6 Å². The Morgan fingerprint density at radius 2 is 1.50 bits per heavy atom. The number of nitrogens with zero attached hydrogens (tertiary/aromatic N) is 5. The highest BCUT2D eigenvalue weighted by atomic mass is 32.2. The largest absolute Gasteiger partial charge is 0.368 e. The molecule has 0 amide bonds. The highest BCUT2D eigenvalue weighted by molar-refractivity contribution is 7.98. The first kappa shape index (κ1) is 16.8. The normalized spacial score (nSPS) is 14.5. The zero-order chi connectivity index (χ0) is 17.8. The molecule has 6 heteroatoms. The predicted molar refractivity (Wildman–Crippen MR) is 108 cm³/mol. The van der Waals surface area contributed by atoms with Crippen molar-refractivity contribution < 1.29 is 0 Å². The molecule has 1 aliphatic rings. The van der Waals surface area contributed by atoms with E-state index in [1.54, 1.807) is 11.8 Å². The molecule has 0 N–H and O–H groups in total. The third-order valence-corrected chi connectivity index (χ3v) is 5.38. The molecule has 0 bridgehead atoms. The smallest absolute Gasteiger partial charge is 0.147 e. The SMILES string of the molecule is CSc1ccc(-c2cncc(N3CCN(c4ccncc4)CC3)n2)cc1. The van der Waals surface area contributed by atoms with Crippen LogP contribution in [-0.4, -0.2) is 47.4 Å². The fourth-order valence-corrected chi connectivity index (χ4v) is 3.57. The molecule has 0 spiro atoms. The average Bonchev–Trinajstić information content (AvgIpc) is 2.75. The standard InChI is InChI=1S/C20H21N5S/c1-26-18-4-2-16(3-5-18)19-14-22-15-20(23-19)25-12-10-24(11-13-25)17-6-8-21-9-7-17/h2-9,14-15H,10-13H2,1H3. The van der Waals surface area contributed by atoms with Gasteiger partial charge in [-0.15, -0.1) is 11.8 Å². The Morgan fingerprint density at radius 3 is 2.19 bits per heavy atom. The molecule has 3 heterocycles. The first-order chi connectivity index (χ1) is 12.8. The average molecular weight is 363 g/mol. The Labute approximate surface area is 158 Å². The second-order valence-electron chi connectivity index (χ2n) is 6.17. The van der Waals surface area contributed by atoms with E-state index in [1.807, 2.05) is 24.8 Å². The number of rotatable bonds is 4. The highest BCUT2D eigenvalue weighted by Crippen LogP contribution is 2.24. The third kappa shape index (κ3) is 3.65. The highest BCUT2D eigenvalue weighted by Gasteiger charge is 2.19. The number of pyridine rings is 1. The van der Waals surface area contributed by atoms with E-state index in [4.69, 9.17) is 4.98 Å². The van der Waals surface area contributed by atoms with Crippen molar-refractivity contribution in [3.8, 4) is 11.3 Å². The molecule has 0 aliphatic carbocycles. The molecule has 1 aliphatic heterocycles. The van der Waals surface area contributed by atoms with Gasteiger partial charge in [0.1, 0.15) is 5.82 Å². The maximum absolute atomic E-state index is 4.85. The summed E-state index contributed by atoms with van der Waals surface area (Å²) in [4.78, 5) is 19.3. The van der Waals surface area contributed by atoms with E-state index in [0.717, 1.165) is 43.3 Å². The van der Waals surface area contributed by atoms with Gasteiger partial charge < -0.3 is 9.80 Å². The molecule has 1 fully saturated rings. The molecular weight excluding hydrogens is 342 g/mol. The maximum atomic E-state index is 4.85. The molecule has 1 aromatic carbocycles. The van der Waals surface area contributed by atoms with Gasteiger partial charge in [-0.2, -0.15) is 0 Å².